The Balaban J connectivity index is 1.78. The van der Waals surface area contributed by atoms with E-state index in [1.807, 2.05) is 31.2 Å². The summed E-state index contributed by atoms with van der Waals surface area (Å²) in [6.45, 7) is 8.13. The lowest BCUT2D eigenvalue weighted by Crippen LogP contribution is -2.48. The van der Waals surface area contributed by atoms with Crippen molar-refractivity contribution in [3.8, 4) is 11.5 Å². The van der Waals surface area contributed by atoms with E-state index >= 15 is 0 Å². The number of aromatic nitrogens is 1. The van der Waals surface area contributed by atoms with E-state index in [0.29, 0.717) is 17.0 Å². The number of nitrogens with zero attached hydrogens (tertiary/aromatic N) is 2. The van der Waals surface area contributed by atoms with Crippen LogP contribution in [0.15, 0.2) is 28.7 Å². The molecule has 0 spiro atoms. The third-order valence-corrected chi connectivity index (χ3v) is 4.03. The fourth-order valence-corrected chi connectivity index (χ4v) is 2.88. The largest absolute Gasteiger partial charge is 0.441 e. The second-order valence-electron chi connectivity index (χ2n) is 5.62. The number of oxazole rings is 1. The van der Waals surface area contributed by atoms with Crippen LogP contribution >= 0.6 is 11.6 Å². The summed E-state index contributed by atoms with van der Waals surface area (Å²) in [5.74, 6) is 1.53. The van der Waals surface area contributed by atoms with Crippen LogP contribution < -0.4 is 5.32 Å². The molecule has 1 aliphatic rings. The molecule has 21 heavy (non-hydrogen) atoms. The van der Waals surface area contributed by atoms with Crippen molar-refractivity contribution in [1.82, 2.24) is 15.2 Å². The number of aryl methyl sites for hydroxylation is 1. The molecular formula is C16H20ClN3O. The van der Waals surface area contributed by atoms with Crippen LogP contribution in [0.3, 0.4) is 0 Å². The van der Waals surface area contributed by atoms with E-state index in [4.69, 9.17) is 16.0 Å². The number of hydrogen-bond donors (Lipinski definition) is 1. The average molecular weight is 306 g/mol. The first-order valence-electron chi connectivity index (χ1n) is 7.30. The van der Waals surface area contributed by atoms with Gasteiger partial charge in [0.1, 0.15) is 5.76 Å². The smallest absolute Gasteiger partial charge is 0.226 e. The molecule has 0 saturated carbocycles. The maximum absolute atomic E-state index is 6.03. The molecule has 1 saturated heterocycles. The van der Waals surface area contributed by atoms with Crippen LogP contribution in [0.4, 0.5) is 0 Å². The van der Waals surface area contributed by atoms with Gasteiger partial charge in [0.25, 0.3) is 0 Å². The SMILES string of the molecule is Cc1oc(-c2cccc(Cl)c2)nc1CN1CCN[C@H](C)C1. The normalized spacial score (nSPS) is 19.9. The van der Waals surface area contributed by atoms with E-state index in [2.05, 4.69) is 22.1 Å². The van der Waals surface area contributed by atoms with Gasteiger partial charge in [0.15, 0.2) is 0 Å². The van der Waals surface area contributed by atoms with E-state index in [1.54, 1.807) is 0 Å². The van der Waals surface area contributed by atoms with Gasteiger partial charge in [0.2, 0.25) is 5.89 Å². The number of hydrogen-bond acceptors (Lipinski definition) is 4. The molecule has 1 atom stereocenters. The van der Waals surface area contributed by atoms with Crippen LogP contribution in [0, 0.1) is 6.92 Å². The first kappa shape index (κ1) is 14.6. The second-order valence-corrected chi connectivity index (χ2v) is 6.06. The van der Waals surface area contributed by atoms with Crippen LogP contribution in [0.1, 0.15) is 18.4 Å². The monoisotopic (exact) mass is 305 g/mol. The zero-order chi connectivity index (χ0) is 14.8. The number of nitrogens with one attached hydrogen (secondary N) is 1. The minimum Gasteiger partial charge on any atom is -0.441 e. The summed E-state index contributed by atoms with van der Waals surface area (Å²) in [6, 6.07) is 8.13. The van der Waals surface area contributed by atoms with E-state index in [1.165, 1.54) is 0 Å². The van der Waals surface area contributed by atoms with E-state index in [9.17, 15) is 0 Å². The molecule has 1 aromatic heterocycles. The van der Waals surface area contributed by atoms with Gasteiger partial charge in [-0.3, -0.25) is 4.90 Å². The number of piperazine rings is 1. The summed E-state index contributed by atoms with van der Waals surface area (Å²) in [7, 11) is 0. The van der Waals surface area contributed by atoms with E-state index in [0.717, 1.165) is 43.2 Å². The van der Waals surface area contributed by atoms with Gasteiger partial charge in [-0.15, -0.1) is 0 Å². The Morgan fingerprint density at radius 2 is 2.33 bits per heavy atom. The molecule has 0 unspecified atom stereocenters. The summed E-state index contributed by atoms with van der Waals surface area (Å²) in [5.41, 5.74) is 1.93. The highest BCUT2D eigenvalue weighted by molar-refractivity contribution is 6.30. The molecule has 1 aromatic carbocycles. The molecule has 0 radical (unpaired) electrons. The predicted octanol–water partition coefficient (Wildman–Crippen LogP) is 3.10. The van der Waals surface area contributed by atoms with Crippen molar-refractivity contribution in [3.63, 3.8) is 0 Å². The van der Waals surface area contributed by atoms with Crippen molar-refractivity contribution in [2.45, 2.75) is 26.4 Å². The Morgan fingerprint density at radius 1 is 1.48 bits per heavy atom. The standard InChI is InChI=1S/C16H20ClN3O/c1-11-9-20(7-6-18-11)10-15-12(2)21-16(19-15)13-4-3-5-14(17)8-13/h3-5,8,11,18H,6-7,9-10H2,1-2H3/t11-/m1/s1. The zero-order valence-electron chi connectivity index (χ0n) is 12.4. The van der Waals surface area contributed by atoms with Gasteiger partial charge in [0.05, 0.1) is 5.69 Å². The minimum absolute atomic E-state index is 0.526. The quantitative estimate of drug-likeness (QED) is 0.946. The first-order valence-corrected chi connectivity index (χ1v) is 7.67. The third-order valence-electron chi connectivity index (χ3n) is 3.79. The van der Waals surface area contributed by atoms with Gasteiger partial charge < -0.3 is 9.73 Å². The maximum Gasteiger partial charge on any atom is 0.226 e. The van der Waals surface area contributed by atoms with Gasteiger partial charge in [-0.1, -0.05) is 17.7 Å². The number of rotatable bonds is 3. The molecule has 3 rings (SSSR count). The van der Waals surface area contributed by atoms with Crippen LogP contribution in [0.25, 0.3) is 11.5 Å². The van der Waals surface area contributed by atoms with Crippen molar-refractivity contribution in [1.29, 1.82) is 0 Å². The molecule has 4 nitrogen and oxygen atoms in total. The van der Waals surface area contributed by atoms with Crippen LogP contribution in [0.2, 0.25) is 5.02 Å². The molecule has 0 bridgehead atoms. The van der Waals surface area contributed by atoms with Crippen LogP contribution in [-0.2, 0) is 6.54 Å². The van der Waals surface area contributed by atoms with E-state index in [-0.39, 0.29) is 0 Å². The molecule has 1 N–H and O–H groups in total. The Hall–Kier alpha value is -1.36. The Kier molecular flexibility index (Phi) is 4.29. The van der Waals surface area contributed by atoms with Crippen molar-refractivity contribution in [3.05, 3.63) is 40.7 Å². The van der Waals surface area contributed by atoms with Gasteiger partial charge in [-0.2, -0.15) is 0 Å². The molecule has 1 fully saturated rings. The lowest BCUT2D eigenvalue weighted by molar-refractivity contribution is 0.197. The van der Waals surface area contributed by atoms with Crippen LogP contribution in [0.5, 0.6) is 0 Å². The lowest BCUT2D eigenvalue weighted by atomic mass is 10.2. The fraction of sp³-hybridized carbons (Fsp3) is 0.438. The molecule has 2 aromatic rings. The zero-order valence-corrected chi connectivity index (χ0v) is 13.2. The van der Waals surface area contributed by atoms with Crippen molar-refractivity contribution in [2.24, 2.45) is 0 Å². The van der Waals surface area contributed by atoms with Crippen LogP contribution in [-0.4, -0.2) is 35.6 Å². The highest BCUT2D eigenvalue weighted by Crippen LogP contribution is 2.25. The molecular weight excluding hydrogens is 286 g/mol. The Labute approximate surface area is 130 Å². The molecule has 112 valence electrons. The highest BCUT2D eigenvalue weighted by Gasteiger charge is 2.19. The minimum atomic E-state index is 0.526. The molecule has 2 heterocycles. The second kappa shape index (κ2) is 6.18. The predicted molar refractivity (Wildman–Crippen MR) is 84.4 cm³/mol. The summed E-state index contributed by atoms with van der Waals surface area (Å²) >= 11 is 6.03. The maximum atomic E-state index is 6.03. The number of benzene rings is 1. The van der Waals surface area contributed by atoms with Gasteiger partial charge in [-0.25, -0.2) is 4.98 Å². The Bertz CT molecular complexity index is 626. The van der Waals surface area contributed by atoms with Gasteiger partial charge in [-0.05, 0) is 32.0 Å². The van der Waals surface area contributed by atoms with Gasteiger partial charge >= 0.3 is 0 Å². The summed E-state index contributed by atoms with van der Waals surface area (Å²) in [6.07, 6.45) is 0. The third kappa shape index (κ3) is 3.46. The van der Waals surface area contributed by atoms with Crippen molar-refractivity contribution in [2.75, 3.05) is 19.6 Å². The average Bonchev–Trinajstić information content (AvgIpc) is 2.80. The molecule has 0 amide bonds. The van der Waals surface area contributed by atoms with E-state index < -0.39 is 0 Å². The summed E-state index contributed by atoms with van der Waals surface area (Å²) < 4.78 is 5.81. The number of halogens is 1. The Morgan fingerprint density at radius 3 is 3.10 bits per heavy atom. The molecule has 1 aliphatic heterocycles. The van der Waals surface area contributed by atoms with Gasteiger partial charge in [0, 0.05) is 42.8 Å². The molecule has 0 aliphatic carbocycles. The highest BCUT2D eigenvalue weighted by atomic mass is 35.5. The first-order chi connectivity index (χ1) is 10.1. The van der Waals surface area contributed by atoms with Crippen molar-refractivity contribution < 1.29 is 4.42 Å². The topological polar surface area (TPSA) is 41.3 Å². The fourth-order valence-electron chi connectivity index (χ4n) is 2.69. The molecule has 5 heteroatoms. The van der Waals surface area contributed by atoms with Crippen molar-refractivity contribution >= 4 is 11.6 Å². The summed E-state index contributed by atoms with van der Waals surface area (Å²) in [4.78, 5) is 7.06. The lowest BCUT2D eigenvalue weighted by Gasteiger charge is -2.31. The summed E-state index contributed by atoms with van der Waals surface area (Å²) in [5, 5.41) is 4.14.